The van der Waals surface area contributed by atoms with Crippen molar-refractivity contribution in [3.05, 3.63) is 115 Å². The zero-order chi connectivity index (χ0) is 24.0. The van der Waals surface area contributed by atoms with Crippen LogP contribution in [0.3, 0.4) is 0 Å². The van der Waals surface area contributed by atoms with E-state index < -0.39 is 0 Å². The van der Waals surface area contributed by atoms with E-state index in [1.807, 2.05) is 86.9 Å². The summed E-state index contributed by atoms with van der Waals surface area (Å²) in [6, 6.07) is 36.6. The van der Waals surface area contributed by atoms with Crippen LogP contribution in [0.1, 0.15) is 11.7 Å². The van der Waals surface area contributed by atoms with Crippen molar-refractivity contribution in [1.29, 1.82) is 0 Å². The van der Waals surface area contributed by atoms with Crippen LogP contribution in [0.25, 0.3) is 22.3 Å². The van der Waals surface area contributed by atoms with E-state index in [9.17, 15) is 0 Å². The second-order valence-electron chi connectivity index (χ2n) is 8.57. The molecule has 0 saturated heterocycles. The molecule has 0 fully saturated rings. The molecule has 0 radical (unpaired) electrons. The molecule has 5 aromatic rings. The van der Waals surface area contributed by atoms with Crippen molar-refractivity contribution in [3.63, 3.8) is 0 Å². The molecule has 0 spiro atoms. The summed E-state index contributed by atoms with van der Waals surface area (Å²) in [6.45, 7) is 0.554. The van der Waals surface area contributed by atoms with E-state index in [4.69, 9.17) is 14.7 Å². The predicted molar refractivity (Wildman–Crippen MR) is 144 cm³/mol. The van der Waals surface area contributed by atoms with Gasteiger partial charge in [0.25, 0.3) is 0 Å². The van der Waals surface area contributed by atoms with Gasteiger partial charge in [0, 0.05) is 30.7 Å². The zero-order valence-corrected chi connectivity index (χ0v) is 19.9. The van der Waals surface area contributed by atoms with Gasteiger partial charge in [0.15, 0.2) is 5.82 Å². The minimum absolute atomic E-state index is 0.185. The fourth-order valence-electron chi connectivity index (χ4n) is 4.00. The second-order valence-corrected chi connectivity index (χ2v) is 8.57. The second kappa shape index (κ2) is 10.3. The first-order valence-electron chi connectivity index (χ1n) is 11.7. The van der Waals surface area contributed by atoms with E-state index in [1.165, 1.54) is 0 Å². The summed E-state index contributed by atoms with van der Waals surface area (Å²) in [6.07, 6.45) is -0.185. The number of hydrogen-bond donors (Lipinski definition) is 1. The highest BCUT2D eigenvalue weighted by Gasteiger charge is 2.16. The molecule has 1 aromatic heterocycles. The molecule has 1 unspecified atom stereocenters. The molecule has 5 heteroatoms. The van der Waals surface area contributed by atoms with Gasteiger partial charge >= 0.3 is 0 Å². The van der Waals surface area contributed by atoms with Crippen molar-refractivity contribution < 1.29 is 4.74 Å². The smallest absolute Gasteiger partial charge is 0.162 e. The molecule has 35 heavy (non-hydrogen) atoms. The minimum Gasteiger partial charge on any atom is -0.484 e. The van der Waals surface area contributed by atoms with Crippen molar-refractivity contribution in [2.24, 2.45) is 0 Å². The first-order valence-corrected chi connectivity index (χ1v) is 11.7. The highest BCUT2D eigenvalue weighted by Crippen LogP contribution is 2.28. The van der Waals surface area contributed by atoms with Crippen molar-refractivity contribution in [1.82, 2.24) is 9.97 Å². The zero-order valence-electron chi connectivity index (χ0n) is 19.9. The van der Waals surface area contributed by atoms with Gasteiger partial charge in [-0.05, 0) is 54.1 Å². The number of hydrogen-bond acceptors (Lipinski definition) is 5. The van der Waals surface area contributed by atoms with Crippen LogP contribution < -0.4 is 15.0 Å². The molecule has 5 rings (SSSR count). The molecule has 5 nitrogen and oxygen atoms in total. The van der Waals surface area contributed by atoms with Crippen molar-refractivity contribution in [2.75, 3.05) is 30.9 Å². The summed E-state index contributed by atoms with van der Waals surface area (Å²) in [5.41, 5.74) is 4.11. The van der Waals surface area contributed by atoms with Crippen LogP contribution >= 0.6 is 0 Å². The van der Waals surface area contributed by atoms with Crippen LogP contribution in [-0.4, -0.2) is 30.6 Å². The van der Waals surface area contributed by atoms with Gasteiger partial charge in [0.1, 0.15) is 17.7 Å². The highest BCUT2D eigenvalue weighted by atomic mass is 16.5. The predicted octanol–water partition coefficient (Wildman–Crippen LogP) is 6.60. The van der Waals surface area contributed by atoms with Gasteiger partial charge in [-0.1, -0.05) is 60.7 Å². The Bertz CT molecular complexity index is 1390. The van der Waals surface area contributed by atoms with Gasteiger partial charge in [-0.3, -0.25) is 0 Å². The van der Waals surface area contributed by atoms with Gasteiger partial charge in [-0.25, -0.2) is 9.97 Å². The number of para-hydroxylation sites is 2. The van der Waals surface area contributed by atoms with E-state index >= 15 is 0 Å². The maximum atomic E-state index is 6.37. The molecule has 1 heterocycles. The van der Waals surface area contributed by atoms with E-state index in [0.29, 0.717) is 12.4 Å². The lowest BCUT2D eigenvalue weighted by Crippen LogP contribution is -2.19. The molecule has 4 aromatic carbocycles. The number of rotatable bonds is 8. The van der Waals surface area contributed by atoms with Gasteiger partial charge in [-0.2, -0.15) is 0 Å². The molecule has 1 atom stereocenters. The molecule has 0 amide bonds. The summed E-state index contributed by atoms with van der Waals surface area (Å²) in [5.74, 6) is 2.31. The van der Waals surface area contributed by atoms with E-state index in [0.717, 1.165) is 39.3 Å². The van der Waals surface area contributed by atoms with Crippen LogP contribution in [0, 0.1) is 0 Å². The van der Waals surface area contributed by atoms with Crippen molar-refractivity contribution in [3.8, 4) is 17.1 Å². The van der Waals surface area contributed by atoms with Crippen molar-refractivity contribution >= 4 is 22.4 Å². The van der Waals surface area contributed by atoms with E-state index in [1.54, 1.807) is 0 Å². The lowest BCUT2D eigenvalue weighted by atomic mass is 10.1. The molecule has 174 valence electrons. The van der Waals surface area contributed by atoms with Crippen LogP contribution in [0.2, 0.25) is 0 Å². The molecular weight excluding hydrogens is 432 g/mol. The Kier molecular flexibility index (Phi) is 6.57. The maximum absolute atomic E-state index is 6.37. The number of benzene rings is 4. The number of fused-ring (bicyclic) bond motifs is 1. The first kappa shape index (κ1) is 22.4. The molecule has 0 bridgehead atoms. The largest absolute Gasteiger partial charge is 0.484 e. The lowest BCUT2D eigenvalue weighted by molar-refractivity contribution is 0.219. The summed E-state index contributed by atoms with van der Waals surface area (Å²) in [5, 5.41) is 4.54. The van der Waals surface area contributed by atoms with E-state index in [2.05, 4.69) is 46.6 Å². The molecule has 0 saturated carbocycles. The van der Waals surface area contributed by atoms with Gasteiger partial charge < -0.3 is 15.0 Å². The Balaban J connectivity index is 1.47. The highest BCUT2D eigenvalue weighted by molar-refractivity contribution is 5.90. The topological polar surface area (TPSA) is 50.3 Å². The Morgan fingerprint density at radius 2 is 1.40 bits per heavy atom. The standard InChI is InChI=1S/C30H28N4O/c1-34(2)24-19-17-23(18-20-24)29-32-27-16-10-9-15-26(27)30(33-29)31-21-28(22-11-5-3-6-12-22)35-25-13-7-4-8-14-25/h3-20,28H,21H2,1-2H3,(H,31,32,33). The number of anilines is 2. The Hall–Kier alpha value is -4.38. The number of nitrogens with one attached hydrogen (secondary N) is 1. The van der Waals surface area contributed by atoms with Gasteiger partial charge in [-0.15, -0.1) is 0 Å². The normalized spacial score (nSPS) is 11.7. The fraction of sp³-hybridized carbons (Fsp3) is 0.133. The van der Waals surface area contributed by atoms with Gasteiger partial charge in [0.05, 0.1) is 12.1 Å². The molecule has 0 aliphatic rings. The Morgan fingerprint density at radius 3 is 2.11 bits per heavy atom. The third kappa shape index (κ3) is 5.25. The van der Waals surface area contributed by atoms with Crippen LogP contribution in [0.5, 0.6) is 5.75 Å². The average molecular weight is 461 g/mol. The minimum atomic E-state index is -0.185. The SMILES string of the molecule is CN(C)c1ccc(-c2nc(NCC(Oc3ccccc3)c3ccccc3)c3ccccc3n2)cc1. The quantitative estimate of drug-likeness (QED) is 0.283. The van der Waals surface area contributed by atoms with Crippen LogP contribution in [0.15, 0.2) is 109 Å². The maximum Gasteiger partial charge on any atom is 0.162 e. The monoisotopic (exact) mass is 460 g/mol. The Labute approximate surface area is 206 Å². The number of nitrogens with zero attached hydrogens (tertiary/aromatic N) is 3. The summed E-state index contributed by atoms with van der Waals surface area (Å²) < 4.78 is 6.37. The van der Waals surface area contributed by atoms with Crippen LogP contribution in [-0.2, 0) is 0 Å². The Morgan fingerprint density at radius 1 is 0.743 bits per heavy atom. The summed E-state index contributed by atoms with van der Waals surface area (Å²) in [7, 11) is 4.06. The van der Waals surface area contributed by atoms with E-state index in [-0.39, 0.29) is 6.10 Å². The van der Waals surface area contributed by atoms with Crippen LogP contribution in [0.4, 0.5) is 11.5 Å². The first-order chi connectivity index (χ1) is 17.2. The summed E-state index contributed by atoms with van der Waals surface area (Å²) >= 11 is 0. The average Bonchev–Trinajstić information content (AvgIpc) is 2.92. The molecule has 1 N–H and O–H groups in total. The fourth-order valence-corrected chi connectivity index (χ4v) is 4.00. The third-order valence-corrected chi connectivity index (χ3v) is 5.89. The molecule has 0 aliphatic carbocycles. The number of ether oxygens (including phenoxy) is 1. The molecule has 0 aliphatic heterocycles. The third-order valence-electron chi connectivity index (χ3n) is 5.89. The molecular formula is C30H28N4O. The lowest BCUT2D eigenvalue weighted by Gasteiger charge is -2.21. The van der Waals surface area contributed by atoms with Crippen molar-refractivity contribution in [2.45, 2.75) is 6.10 Å². The summed E-state index contributed by atoms with van der Waals surface area (Å²) in [4.78, 5) is 11.8. The number of aromatic nitrogens is 2. The van der Waals surface area contributed by atoms with Gasteiger partial charge in [0.2, 0.25) is 0 Å².